The molecule has 2 N–H and O–H groups in total. The molecule has 60 valence electrons. The summed E-state index contributed by atoms with van der Waals surface area (Å²) in [6.45, 7) is 0. The van der Waals surface area contributed by atoms with Gasteiger partial charge >= 0.3 is 10.8 Å². The Hall–Kier alpha value is -0.820. The second kappa shape index (κ2) is 3.54. The van der Waals surface area contributed by atoms with Crippen LogP contribution < -0.4 is 4.87 Å². The van der Waals surface area contributed by atoms with Gasteiger partial charge in [-0.3, -0.25) is 9.59 Å². The minimum absolute atomic E-state index is 0.0687. The number of hydrogen-bond donors (Lipinski definition) is 2. The summed E-state index contributed by atoms with van der Waals surface area (Å²) in [5.74, 6) is -0.988. The van der Waals surface area contributed by atoms with Crippen LogP contribution in [0.15, 0.2) is 9.13 Å². The smallest absolute Gasteiger partial charge is 0.323 e. The molecule has 5 nitrogen and oxygen atoms in total. The van der Waals surface area contributed by atoms with Crippen molar-refractivity contribution in [1.29, 1.82) is 0 Å². The zero-order valence-corrected chi connectivity index (χ0v) is 6.87. The van der Waals surface area contributed by atoms with Crippen molar-refractivity contribution in [3.05, 3.63) is 9.67 Å². The maximum Gasteiger partial charge on any atom is 0.323 e. The summed E-state index contributed by atoms with van der Waals surface area (Å²) in [6, 6.07) is 0. The normalized spacial score (nSPS) is 9.82. The third kappa shape index (κ3) is 2.72. The summed E-state index contributed by atoms with van der Waals surface area (Å²) >= 11 is 1.93. The summed E-state index contributed by atoms with van der Waals surface area (Å²) in [5.41, 5.74) is 0. The number of nitrogens with zero attached hydrogens (tertiary/aromatic N) is 1. The first-order valence-electron chi connectivity index (χ1n) is 2.58. The zero-order chi connectivity index (χ0) is 8.27. The van der Waals surface area contributed by atoms with Crippen molar-refractivity contribution in [3.63, 3.8) is 0 Å². The van der Waals surface area contributed by atoms with E-state index in [9.17, 15) is 9.59 Å². The van der Waals surface area contributed by atoms with Crippen LogP contribution in [0.2, 0.25) is 0 Å². The largest absolute Gasteiger partial charge is 0.481 e. The van der Waals surface area contributed by atoms with Crippen LogP contribution in [0, 0.1) is 0 Å². The second-order valence-corrected chi connectivity index (χ2v) is 3.75. The third-order valence-corrected chi connectivity index (χ3v) is 2.61. The van der Waals surface area contributed by atoms with E-state index in [1.807, 2.05) is 0 Å². The Morgan fingerprint density at radius 1 is 1.82 bits per heavy atom. The van der Waals surface area contributed by atoms with Crippen LogP contribution in [0.25, 0.3) is 0 Å². The molecule has 0 atom stereocenters. The van der Waals surface area contributed by atoms with Crippen molar-refractivity contribution in [2.45, 2.75) is 4.34 Å². The average molecular weight is 192 g/mol. The van der Waals surface area contributed by atoms with Crippen LogP contribution in [0.5, 0.6) is 0 Å². The molecule has 0 unspecified atom stereocenters. The van der Waals surface area contributed by atoms with Crippen molar-refractivity contribution >= 4 is 29.1 Å². The fourth-order valence-corrected chi connectivity index (χ4v) is 1.74. The van der Waals surface area contributed by atoms with Gasteiger partial charge in [-0.1, -0.05) is 11.8 Å². The molecule has 1 rings (SSSR count). The van der Waals surface area contributed by atoms with Gasteiger partial charge in [0.15, 0.2) is 4.34 Å². The molecule has 11 heavy (non-hydrogen) atoms. The molecule has 0 aliphatic carbocycles. The second-order valence-electron chi connectivity index (χ2n) is 1.56. The van der Waals surface area contributed by atoms with Crippen LogP contribution in [-0.2, 0) is 4.79 Å². The number of carboxylic acids is 1. The molecule has 0 aliphatic rings. The van der Waals surface area contributed by atoms with E-state index >= 15 is 0 Å². The van der Waals surface area contributed by atoms with E-state index in [2.05, 4.69) is 10.2 Å². The van der Waals surface area contributed by atoms with Crippen LogP contribution in [-0.4, -0.2) is 27.0 Å². The SMILES string of the molecule is O=C(O)CSc1n[nH]c(=O)s1. The predicted octanol–water partition coefficient (Wildman–Crippen LogP) is 0.00810. The van der Waals surface area contributed by atoms with Gasteiger partial charge < -0.3 is 5.11 Å². The topological polar surface area (TPSA) is 83.0 Å². The highest BCUT2D eigenvalue weighted by Crippen LogP contribution is 2.15. The highest BCUT2D eigenvalue weighted by atomic mass is 32.2. The van der Waals surface area contributed by atoms with Gasteiger partial charge in [-0.15, -0.1) is 0 Å². The molecule has 0 bridgehead atoms. The highest BCUT2D eigenvalue weighted by molar-refractivity contribution is 8.01. The maximum absolute atomic E-state index is 10.5. The molecule has 0 saturated carbocycles. The first kappa shape index (κ1) is 8.28. The standard InChI is InChI=1S/C4H4N2O3S2/c7-2(8)1-10-4-6-5-3(9)11-4/h1H2,(H,5,9)(H,7,8). The van der Waals surface area contributed by atoms with Gasteiger partial charge in [-0.25, -0.2) is 5.10 Å². The number of aromatic nitrogens is 2. The number of rotatable bonds is 3. The average Bonchev–Trinajstić information content (AvgIpc) is 2.31. The number of aliphatic carboxylic acids is 1. The number of H-pyrrole nitrogens is 1. The van der Waals surface area contributed by atoms with Gasteiger partial charge in [0.25, 0.3) is 0 Å². The summed E-state index contributed by atoms with van der Waals surface area (Å²) in [7, 11) is 0. The van der Waals surface area contributed by atoms with Crippen molar-refractivity contribution in [1.82, 2.24) is 10.2 Å². The fraction of sp³-hybridized carbons (Fsp3) is 0.250. The Morgan fingerprint density at radius 3 is 3.00 bits per heavy atom. The number of aromatic amines is 1. The quantitative estimate of drug-likeness (QED) is 0.659. The Morgan fingerprint density at radius 2 is 2.55 bits per heavy atom. The zero-order valence-electron chi connectivity index (χ0n) is 5.23. The maximum atomic E-state index is 10.5. The van der Waals surface area contributed by atoms with Gasteiger partial charge in [0.1, 0.15) is 0 Å². The van der Waals surface area contributed by atoms with E-state index in [0.29, 0.717) is 4.34 Å². The summed E-state index contributed by atoms with van der Waals surface area (Å²) in [4.78, 5) is 20.3. The van der Waals surface area contributed by atoms with E-state index in [0.717, 1.165) is 23.1 Å². The lowest BCUT2D eigenvalue weighted by atomic mass is 10.8. The van der Waals surface area contributed by atoms with Crippen LogP contribution in [0.3, 0.4) is 0 Å². The van der Waals surface area contributed by atoms with Gasteiger partial charge in [0.2, 0.25) is 0 Å². The minimum atomic E-state index is -0.919. The molecule has 0 radical (unpaired) electrons. The lowest BCUT2D eigenvalue weighted by Gasteiger charge is -1.86. The Bertz CT molecular complexity index is 304. The minimum Gasteiger partial charge on any atom is -0.481 e. The third-order valence-electron chi connectivity index (χ3n) is 0.738. The molecule has 0 aromatic carbocycles. The van der Waals surface area contributed by atoms with Crippen molar-refractivity contribution in [2.24, 2.45) is 0 Å². The molecule has 0 spiro atoms. The first-order chi connectivity index (χ1) is 5.18. The predicted molar refractivity (Wildman–Crippen MR) is 41.1 cm³/mol. The number of carboxylic acid groups (broad SMARTS) is 1. The van der Waals surface area contributed by atoms with Gasteiger partial charge in [0.05, 0.1) is 5.75 Å². The lowest BCUT2D eigenvalue weighted by molar-refractivity contribution is -0.133. The molecular formula is C4H4N2O3S2. The number of carbonyl (C=O) groups is 1. The lowest BCUT2D eigenvalue weighted by Crippen LogP contribution is -1.96. The molecule has 0 amide bonds. The number of hydrogen-bond acceptors (Lipinski definition) is 5. The summed E-state index contributed by atoms with van der Waals surface area (Å²) in [6.07, 6.45) is 0. The van der Waals surface area contributed by atoms with Gasteiger partial charge in [-0.2, -0.15) is 5.10 Å². The van der Waals surface area contributed by atoms with Crippen molar-refractivity contribution in [2.75, 3.05) is 5.75 Å². The van der Waals surface area contributed by atoms with E-state index in [1.54, 1.807) is 0 Å². The molecule has 1 heterocycles. The summed E-state index contributed by atoms with van der Waals surface area (Å²) in [5, 5.41) is 14.0. The molecule has 1 aromatic heterocycles. The molecule has 0 aliphatic heterocycles. The summed E-state index contributed by atoms with van der Waals surface area (Å²) < 4.78 is 0.456. The highest BCUT2D eigenvalue weighted by Gasteiger charge is 2.02. The van der Waals surface area contributed by atoms with E-state index < -0.39 is 5.97 Å². The molecular weight excluding hydrogens is 188 g/mol. The Kier molecular flexibility index (Phi) is 2.66. The fourth-order valence-electron chi connectivity index (χ4n) is 0.401. The molecule has 1 aromatic rings. The van der Waals surface area contributed by atoms with E-state index in [-0.39, 0.29) is 10.6 Å². The molecule has 0 saturated heterocycles. The monoisotopic (exact) mass is 192 g/mol. The van der Waals surface area contributed by atoms with Crippen LogP contribution >= 0.6 is 23.1 Å². The first-order valence-corrected chi connectivity index (χ1v) is 4.39. The number of nitrogens with one attached hydrogen (secondary N) is 1. The van der Waals surface area contributed by atoms with E-state index in [1.165, 1.54) is 0 Å². The van der Waals surface area contributed by atoms with Crippen molar-refractivity contribution < 1.29 is 9.90 Å². The van der Waals surface area contributed by atoms with Crippen molar-refractivity contribution in [3.8, 4) is 0 Å². The molecule has 0 fully saturated rings. The Balaban J connectivity index is 2.51. The van der Waals surface area contributed by atoms with Crippen LogP contribution in [0.1, 0.15) is 0 Å². The number of thioether (sulfide) groups is 1. The Labute approximate surface area is 69.4 Å². The van der Waals surface area contributed by atoms with Gasteiger partial charge in [0, 0.05) is 0 Å². The van der Waals surface area contributed by atoms with Crippen LogP contribution in [0.4, 0.5) is 0 Å². The van der Waals surface area contributed by atoms with E-state index in [4.69, 9.17) is 5.11 Å². The van der Waals surface area contributed by atoms with Gasteiger partial charge in [-0.05, 0) is 11.3 Å². The molecule has 7 heteroatoms.